The zero-order chi connectivity index (χ0) is 14.3. The van der Waals surface area contributed by atoms with Crippen LogP contribution in [0.1, 0.15) is 57.6 Å². The van der Waals surface area contributed by atoms with Crippen molar-refractivity contribution in [2.24, 2.45) is 0 Å². The van der Waals surface area contributed by atoms with E-state index in [1.165, 1.54) is 37.2 Å². The van der Waals surface area contributed by atoms with Gasteiger partial charge >= 0.3 is 0 Å². The molecular formula is C18H28N2. The summed E-state index contributed by atoms with van der Waals surface area (Å²) in [5.41, 5.74) is 4.82. The molecular weight excluding hydrogens is 244 g/mol. The molecule has 1 saturated heterocycles. The van der Waals surface area contributed by atoms with Crippen molar-refractivity contribution in [3.05, 3.63) is 29.3 Å². The van der Waals surface area contributed by atoms with Crippen molar-refractivity contribution in [2.75, 3.05) is 25.0 Å². The van der Waals surface area contributed by atoms with Gasteiger partial charge < -0.3 is 10.2 Å². The summed E-state index contributed by atoms with van der Waals surface area (Å²) in [4.78, 5) is 2.62. The molecule has 3 rings (SSSR count). The van der Waals surface area contributed by atoms with E-state index in [1.54, 1.807) is 5.56 Å². The Balaban J connectivity index is 1.83. The van der Waals surface area contributed by atoms with Crippen molar-refractivity contribution < 1.29 is 0 Å². The van der Waals surface area contributed by atoms with Crippen LogP contribution in [0.2, 0.25) is 0 Å². The molecule has 2 aliphatic heterocycles. The third kappa shape index (κ3) is 2.24. The predicted octanol–water partition coefficient (Wildman–Crippen LogP) is 3.98. The highest BCUT2D eigenvalue weighted by molar-refractivity contribution is 5.62. The van der Waals surface area contributed by atoms with Crippen LogP contribution in [0.4, 0.5) is 5.69 Å². The molecule has 0 bridgehead atoms. The summed E-state index contributed by atoms with van der Waals surface area (Å²) in [5, 5.41) is 3.68. The molecule has 1 N–H and O–H groups in total. The van der Waals surface area contributed by atoms with Crippen molar-refractivity contribution in [1.82, 2.24) is 4.90 Å². The summed E-state index contributed by atoms with van der Waals surface area (Å²) in [6, 6.07) is 7.80. The maximum Gasteiger partial charge on any atom is 0.0382 e. The van der Waals surface area contributed by atoms with Crippen LogP contribution in [0.15, 0.2) is 18.2 Å². The molecule has 1 fully saturated rings. The standard InChI is InChI=1S/C18H28N2/c1-13(2)15-5-6-16-17(11-15)19-12-18(16)7-9-20(10-8-18)14(3)4/h5-6,11,13-14,19H,7-10,12H2,1-4H3. The van der Waals surface area contributed by atoms with Gasteiger partial charge in [-0.25, -0.2) is 0 Å². The van der Waals surface area contributed by atoms with Crippen molar-refractivity contribution in [1.29, 1.82) is 0 Å². The quantitative estimate of drug-likeness (QED) is 0.876. The zero-order valence-electron chi connectivity index (χ0n) is 13.4. The van der Waals surface area contributed by atoms with Gasteiger partial charge in [0.1, 0.15) is 0 Å². The summed E-state index contributed by atoms with van der Waals surface area (Å²) in [6.07, 6.45) is 2.60. The third-order valence-corrected chi connectivity index (χ3v) is 5.38. The lowest BCUT2D eigenvalue weighted by Crippen LogP contribution is -2.46. The fourth-order valence-electron chi connectivity index (χ4n) is 3.80. The zero-order valence-corrected chi connectivity index (χ0v) is 13.4. The molecule has 0 saturated carbocycles. The van der Waals surface area contributed by atoms with Gasteiger partial charge in [0.2, 0.25) is 0 Å². The summed E-state index contributed by atoms with van der Waals surface area (Å²) in [6.45, 7) is 12.8. The van der Waals surface area contributed by atoms with Gasteiger partial charge in [0.15, 0.2) is 0 Å². The number of hydrogen-bond acceptors (Lipinski definition) is 2. The first-order valence-electron chi connectivity index (χ1n) is 8.14. The van der Waals surface area contributed by atoms with E-state index in [-0.39, 0.29) is 0 Å². The van der Waals surface area contributed by atoms with E-state index in [2.05, 4.69) is 56.1 Å². The summed E-state index contributed by atoms with van der Waals surface area (Å²) in [5.74, 6) is 0.612. The Labute approximate surface area is 123 Å². The van der Waals surface area contributed by atoms with Gasteiger partial charge in [0, 0.05) is 23.7 Å². The Morgan fingerprint density at radius 3 is 2.40 bits per heavy atom. The predicted molar refractivity (Wildman–Crippen MR) is 86.6 cm³/mol. The molecule has 0 unspecified atom stereocenters. The number of hydrogen-bond donors (Lipinski definition) is 1. The fraction of sp³-hybridized carbons (Fsp3) is 0.667. The van der Waals surface area contributed by atoms with Gasteiger partial charge in [0.25, 0.3) is 0 Å². The number of piperidine rings is 1. The van der Waals surface area contributed by atoms with Gasteiger partial charge in [-0.15, -0.1) is 0 Å². The average molecular weight is 272 g/mol. The molecule has 0 atom stereocenters. The highest BCUT2D eigenvalue weighted by atomic mass is 15.2. The van der Waals surface area contributed by atoms with Crippen LogP contribution in [0.5, 0.6) is 0 Å². The third-order valence-electron chi connectivity index (χ3n) is 5.38. The normalized spacial score (nSPS) is 21.5. The maximum absolute atomic E-state index is 3.68. The van der Waals surface area contributed by atoms with Gasteiger partial charge in [-0.05, 0) is 62.9 Å². The number of rotatable bonds is 2. The molecule has 2 aliphatic rings. The maximum atomic E-state index is 3.68. The molecule has 1 aromatic rings. The number of fused-ring (bicyclic) bond motifs is 2. The molecule has 0 aromatic heterocycles. The van der Waals surface area contributed by atoms with E-state index in [1.807, 2.05) is 0 Å². The smallest absolute Gasteiger partial charge is 0.0382 e. The van der Waals surface area contributed by atoms with Crippen LogP contribution in [0, 0.1) is 0 Å². The van der Waals surface area contributed by atoms with Crippen molar-refractivity contribution in [2.45, 2.75) is 57.9 Å². The lowest BCUT2D eigenvalue weighted by molar-refractivity contribution is 0.137. The molecule has 0 amide bonds. The number of benzene rings is 1. The molecule has 0 aliphatic carbocycles. The highest BCUT2D eigenvalue weighted by Crippen LogP contribution is 2.44. The van der Waals surface area contributed by atoms with E-state index < -0.39 is 0 Å². The number of nitrogens with zero attached hydrogens (tertiary/aromatic N) is 1. The first-order valence-corrected chi connectivity index (χ1v) is 8.14. The Morgan fingerprint density at radius 2 is 1.80 bits per heavy atom. The van der Waals surface area contributed by atoms with Gasteiger partial charge in [-0.2, -0.15) is 0 Å². The molecule has 2 heterocycles. The first kappa shape index (κ1) is 13.9. The second-order valence-corrected chi connectivity index (χ2v) is 7.22. The summed E-state index contributed by atoms with van der Waals surface area (Å²) >= 11 is 0. The van der Waals surface area contributed by atoms with Crippen molar-refractivity contribution >= 4 is 5.69 Å². The minimum absolute atomic E-state index is 0.399. The van der Waals surface area contributed by atoms with Crippen LogP contribution < -0.4 is 5.32 Å². The molecule has 2 nitrogen and oxygen atoms in total. The van der Waals surface area contributed by atoms with Gasteiger partial charge in [0.05, 0.1) is 0 Å². The molecule has 20 heavy (non-hydrogen) atoms. The second-order valence-electron chi connectivity index (χ2n) is 7.22. The van der Waals surface area contributed by atoms with E-state index in [0.29, 0.717) is 17.4 Å². The highest BCUT2D eigenvalue weighted by Gasteiger charge is 2.41. The van der Waals surface area contributed by atoms with Crippen LogP contribution in [0.3, 0.4) is 0 Å². The lowest BCUT2D eigenvalue weighted by atomic mass is 9.74. The largest absolute Gasteiger partial charge is 0.384 e. The Kier molecular flexibility index (Phi) is 3.53. The topological polar surface area (TPSA) is 15.3 Å². The minimum atomic E-state index is 0.399. The monoisotopic (exact) mass is 272 g/mol. The van der Waals surface area contributed by atoms with Crippen molar-refractivity contribution in [3.8, 4) is 0 Å². The van der Waals surface area contributed by atoms with Crippen molar-refractivity contribution in [3.63, 3.8) is 0 Å². The van der Waals surface area contributed by atoms with E-state index in [0.717, 1.165) is 6.54 Å². The first-order chi connectivity index (χ1) is 9.52. The molecule has 110 valence electrons. The summed E-state index contributed by atoms with van der Waals surface area (Å²) < 4.78 is 0. The van der Waals surface area contributed by atoms with E-state index in [9.17, 15) is 0 Å². The molecule has 1 spiro atoms. The number of likely N-dealkylation sites (tertiary alicyclic amines) is 1. The van der Waals surface area contributed by atoms with Crippen LogP contribution in [-0.2, 0) is 5.41 Å². The van der Waals surface area contributed by atoms with E-state index in [4.69, 9.17) is 0 Å². The Morgan fingerprint density at radius 1 is 1.10 bits per heavy atom. The Bertz CT molecular complexity index is 482. The average Bonchev–Trinajstić information content (AvgIpc) is 2.78. The lowest BCUT2D eigenvalue weighted by Gasteiger charge is -2.41. The van der Waals surface area contributed by atoms with Gasteiger partial charge in [-0.3, -0.25) is 0 Å². The minimum Gasteiger partial charge on any atom is -0.384 e. The van der Waals surface area contributed by atoms with Crippen LogP contribution in [0.25, 0.3) is 0 Å². The molecule has 0 radical (unpaired) electrons. The SMILES string of the molecule is CC(C)c1ccc2c(c1)NCC21CCN(C(C)C)CC1. The summed E-state index contributed by atoms with van der Waals surface area (Å²) in [7, 11) is 0. The van der Waals surface area contributed by atoms with Gasteiger partial charge in [-0.1, -0.05) is 26.0 Å². The molecule has 2 heteroatoms. The molecule has 1 aromatic carbocycles. The second kappa shape index (κ2) is 5.07. The number of anilines is 1. The van der Waals surface area contributed by atoms with Crippen LogP contribution >= 0.6 is 0 Å². The Hall–Kier alpha value is -1.02. The fourth-order valence-corrected chi connectivity index (χ4v) is 3.80. The number of nitrogens with one attached hydrogen (secondary N) is 1. The van der Waals surface area contributed by atoms with E-state index >= 15 is 0 Å². The van der Waals surface area contributed by atoms with Crippen LogP contribution in [-0.4, -0.2) is 30.6 Å².